The smallest absolute Gasteiger partial charge is 0.247 e. The first-order valence-corrected chi connectivity index (χ1v) is 9.32. The quantitative estimate of drug-likeness (QED) is 0.913. The molecule has 0 amide bonds. The summed E-state index contributed by atoms with van der Waals surface area (Å²) in [6.45, 7) is 5.32. The number of hydrogen-bond donors (Lipinski definition) is 1. The lowest BCUT2D eigenvalue weighted by molar-refractivity contribution is 0.216. The maximum atomic E-state index is 11.8. The molecule has 1 fully saturated rings. The van der Waals surface area contributed by atoms with Gasteiger partial charge >= 0.3 is 0 Å². The summed E-state index contributed by atoms with van der Waals surface area (Å²) in [4.78, 5) is 4.31. The average molecular weight is 315 g/mol. The van der Waals surface area contributed by atoms with Crippen molar-refractivity contribution >= 4 is 9.84 Å². The van der Waals surface area contributed by atoms with E-state index in [1.807, 2.05) is 0 Å². The zero-order valence-corrected chi connectivity index (χ0v) is 14.0. The Morgan fingerprint density at radius 1 is 1.38 bits per heavy atom. The fourth-order valence-corrected chi connectivity index (χ4v) is 3.05. The molecule has 0 bridgehead atoms. The van der Waals surface area contributed by atoms with Crippen molar-refractivity contribution in [3.05, 3.63) is 11.7 Å². The standard InChI is InChI=1S/C14H25N3O3S/c1-5-10-6-8-14(15,9-7-10)11-16-12(20-17-11)13(2,3)21(4,18)19/h10H,5-9,15H2,1-4H3. The third kappa shape index (κ3) is 2.99. The van der Waals surface area contributed by atoms with Crippen molar-refractivity contribution < 1.29 is 12.9 Å². The molecule has 0 saturated heterocycles. The highest BCUT2D eigenvalue weighted by Crippen LogP contribution is 2.38. The van der Waals surface area contributed by atoms with Crippen molar-refractivity contribution in [2.45, 2.75) is 63.2 Å². The number of sulfone groups is 1. The van der Waals surface area contributed by atoms with Crippen LogP contribution in [0.4, 0.5) is 0 Å². The van der Waals surface area contributed by atoms with E-state index in [4.69, 9.17) is 10.3 Å². The molecule has 6 nitrogen and oxygen atoms in total. The summed E-state index contributed by atoms with van der Waals surface area (Å²) in [5.74, 6) is 1.26. The van der Waals surface area contributed by atoms with Crippen molar-refractivity contribution in [1.29, 1.82) is 0 Å². The van der Waals surface area contributed by atoms with Gasteiger partial charge in [-0.05, 0) is 45.4 Å². The normalized spacial score (nSPS) is 27.8. The second-order valence-corrected chi connectivity index (χ2v) is 9.28. The van der Waals surface area contributed by atoms with E-state index in [0.29, 0.717) is 11.7 Å². The Labute approximate surface area is 126 Å². The SMILES string of the molecule is CCC1CCC(N)(c2noc(C(C)(C)S(C)(=O)=O)n2)CC1. The molecule has 1 heterocycles. The minimum Gasteiger partial charge on any atom is -0.338 e. The highest BCUT2D eigenvalue weighted by Gasteiger charge is 2.42. The van der Waals surface area contributed by atoms with Gasteiger partial charge in [0.15, 0.2) is 15.7 Å². The Balaban J connectivity index is 2.25. The van der Waals surface area contributed by atoms with Gasteiger partial charge in [-0.1, -0.05) is 18.5 Å². The predicted octanol–water partition coefficient (Wildman–Crippen LogP) is 2.10. The Kier molecular flexibility index (Phi) is 4.19. The number of rotatable bonds is 4. The number of aromatic nitrogens is 2. The summed E-state index contributed by atoms with van der Waals surface area (Å²) in [5, 5.41) is 3.97. The Hall–Kier alpha value is -0.950. The van der Waals surface area contributed by atoms with Crippen LogP contribution >= 0.6 is 0 Å². The molecule has 1 aromatic heterocycles. The van der Waals surface area contributed by atoms with Crippen LogP contribution in [-0.4, -0.2) is 24.8 Å². The fourth-order valence-electron chi connectivity index (χ4n) is 2.65. The second-order valence-electron chi connectivity index (χ2n) is 6.71. The lowest BCUT2D eigenvalue weighted by Gasteiger charge is -2.34. The van der Waals surface area contributed by atoms with Gasteiger partial charge in [0.2, 0.25) is 5.89 Å². The first kappa shape index (κ1) is 16.4. The first-order chi connectivity index (χ1) is 9.60. The van der Waals surface area contributed by atoms with Crippen molar-refractivity contribution in [2.24, 2.45) is 11.7 Å². The molecular weight excluding hydrogens is 290 g/mol. The van der Waals surface area contributed by atoms with Crippen LogP contribution in [0.15, 0.2) is 4.52 Å². The lowest BCUT2D eigenvalue weighted by atomic mass is 9.76. The summed E-state index contributed by atoms with van der Waals surface area (Å²) in [6, 6.07) is 0. The maximum Gasteiger partial charge on any atom is 0.247 e. The minimum absolute atomic E-state index is 0.113. The number of nitrogens with zero attached hydrogens (tertiary/aromatic N) is 2. The molecule has 2 N–H and O–H groups in total. The van der Waals surface area contributed by atoms with Crippen LogP contribution in [0.1, 0.15) is 64.6 Å². The van der Waals surface area contributed by atoms with E-state index in [-0.39, 0.29) is 5.89 Å². The van der Waals surface area contributed by atoms with Gasteiger partial charge in [-0.15, -0.1) is 0 Å². The van der Waals surface area contributed by atoms with Crippen LogP contribution < -0.4 is 5.73 Å². The molecule has 21 heavy (non-hydrogen) atoms. The summed E-state index contributed by atoms with van der Waals surface area (Å²) in [6.07, 6.45) is 6.04. The summed E-state index contributed by atoms with van der Waals surface area (Å²) < 4.78 is 27.7. The molecule has 0 aromatic carbocycles. The molecule has 0 aliphatic heterocycles. The Bertz CT molecular complexity index is 599. The molecule has 0 spiro atoms. The van der Waals surface area contributed by atoms with E-state index < -0.39 is 20.1 Å². The van der Waals surface area contributed by atoms with Crippen LogP contribution in [0.3, 0.4) is 0 Å². The zero-order chi connectivity index (χ0) is 15.9. The van der Waals surface area contributed by atoms with E-state index in [0.717, 1.165) is 32.1 Å². The van der Waals surface area contributed by atoms with Gasteiger partial charge in [-0.25, -0.2) is 8.42 Å². The van der Waals surface area contributed by atoms with Gasteiger partial charge in [0, 0.05) is 6.26 Å². The van der Waals surface area contributed by atoms with Gasteiger partial charge in [-0.3, -0.25) is 0 Å². The lowest BCUT2D eigenvalue weighted by Crippen LogP contribution is -2.41. The van der Waals surface area contributed by atoms with Gasteiger partial charge in [0.25, 0.3) is 0 Å². The Morgan fingerprint density at radius 2 is 1.95 bits per heavy atom. The number of nitrogens with two attached hydrogens (primary N) is 1. The largest absolute Gasteiger partial charge is 0.338 e. The maximum absolute atomic E-state index is 11.8. The predicted molar refractivity (Wildman–Crippen MR) is 80.3 cm³/mol. The van der Waals surface area contributed by atoms with E-state index in [1.165, 1.54) is 6.26 Å². The molecule has 1 aliphatic rings. The fraction of sp³-hybridized carbons (Fsp3) is 0.857. The minimum atomic E-state index is -3.34. The zero-order valence-electron chi connectivity index (χ0n) is 13.2. The van der Waals surface area contributed by atoms with Gasteiger partial charge in [0.05, 0.1) is 5.54 Å². The molecule has 1 aliphatic carbocycles. The van der Waals surface area contributed by atoms with Gasteiger partial charge in [-0.2, -0.15) is 4.98 Å². The van der Waals surface area contributed by atoms with Crippen molar-refractivity contribution in [3.8, 4) is 0 Å². The van der Waals surface area contributed by atoms with E-state index in [1.54, 1.807) is 13.8 Å². The third-order valence-electron chi connectivity index (χ3n) is 4.89. The van der Waals surface area contributed by atoms with E-state index >= 15 is 0 Å². The van der Waals surface area contributed by atoms with Crippen LogP contribution in [0.2, 0.25) is 0 Å². The topological polar surface area (TPSA) is 99.1 Å². The monoisotopic (exact) mass is 315 g/mol. The molecule has 120 valence electrons. The van der Waals surface area contributed by atoms with Crippen molar-refractivity contribution in [2.75, 3.05) is 6.26 Å². The molecule has 0 unspecified atom stereocenters. The van der Waals surface area contributed by atoms with Crippen molar-refractivity contribution in [3.63, 3.8) is 0 Å². The molecular formula is C14H25N3O3S. The molecule has 0 radical (unpaired) electrons. The van der Waals surface area contributed by atoms with Crippen LogP contribution in [0.25, 0.3) is 0 Å². The molecule has 1 aromatic rings. The van der Waals surface area contributed by atoms with E-state index in [2.05, 4.69) is 17.1 Å². The highest BCUT2D eigenvalue weighted by molar-refractivity contribution is 7.91. The molecule has 0 atom stereocenters. The second kappa shape index (κ2) is 5.35. The van der Waals surface area contributed by atoms with Crippen molar-refractivity contribution in [1.82, 2.24) is 10.1 Å². The van der Waals surface area contributed by atoms with Gasteiger partial charge in [0.1, 0.15) is 4.75 Å². The molecule has 1 saturated carbocycles. The van der Waals surface area contributed by atoms with Crippen LogP contribution in [0.5, 0.6) is 0 Å². The summed E-state index contributed by atoms with van der Waals surface area (Å²) >= 11 is 0. The van der Waals surface area contributed by atoms with Crippen LogP contribution in [0, 0.1) is 5.92 Å². The molecule has 7 heteroatoms. The number of hydrogen-bond acceptors (Lipinski definition) is 6. The first-order valence-electron chi connectivity index (χ1n) is 7.43. The average Bonchev–Trinajstić information content (AvgIpc) is 2.89. The third-order valence-corrected chi connectivity index (χ3v) is 6.92. The Morgan fingerprint density at radius 3 is 2.43 bits per heavy atom. The molecule has 2 rings (SSSR count). The highest BCUT2D eigenvalue weighted by atomic mass is 32.2. The van der Waals surface area contributed by atoms with Gasteiger partial charge < -0.3 is 10.3 Å². The van der Waals surface area contributed by atoms with E-state index in [9.17, 15) is 8.42 Å². The summed E-state index contributed by atoms with van der Waals surface area (Å²) in [5.41, 5.74) is 5.83. The summed E-state index contributed by atoms with van der Waals surface area (Å²) in [7, 11) is -3.34. The van der Waals surface area contributed by atoms with Crippen LogP contribution in [-0.2, 0) is 20.1 Å².